The summed E-state index contributed by atoms with van der Waals surface area (Å²) in [4.78, 5) is 11.4. The molecule has 3 rings (SSSR count). The number of rotatable bonds is 4. The van der Waals surface area contributed by atoms with Crippen LogP contribution in [0.3, 0.4) is 0 Å². The SMILES string of the molecule is CS(=O)(=O)c1ccc(Br)c(S(=O)(=O)Oc2cccc3c2CCC3=O)c1. The molecule has 0 aromatic heterocycles. The number of hydrogen-bond acceptors (Lipinski definition) is 6. The predicted octanol–water partition coefficient (Wildman–Crippen LogP) is 2.75. The van der Waals surface area contributed by atoms with Crippen molar-refractivity contribution in [3.8, 4) is 5.75 Å². The molecule has 0 aliphatic heterocycles. The summed E-state index contributed by atoms with van der Waals surface area (Å²) >= 11 is 3.11. The lowest BCUT2D eigenvalue weighted by Crippen LogP contribution is -2.13. The van der Waals surface area contributed by atoms with Gasteiger partial charge < -0.3 is 4.18 Å². The number of carbonyl (C=O) groups is 1. The van der Waals surface area contributed by atoms with Crippen LogP contribution in [0.15, 0.2) is 50.7 Å². The van der Waals surface area contributed by atoms with Crippen LogP contribution in [0.25, 0.3) is 0 Å². The van der Waals surface area contributed by atoms with Gasteiger partial charge in [0.25, 0.3) is 0 Å². The van der Waals surface area contributed by atoms with Gasteiger partial charge >= 0.3 is 10.1 Å². The van der Waals surface area contributed by atoms with Crippen LogP contribution in [-0.2, 0) is 26.4 Å². The molecule has 132 valence electrons. The van der Waals surface area contributed by atoms with Crippen LogP contribution in [0, 0.1) is 0 Å². The number of hydrogen-bond donors (Lipinski definition) is 0. The van der Waals surface area contributed by atoms with E-state index in [2.05, 4.69) is 15.9 Å². The Kier molecular flexibility index (Phi) is 4.50. The average molecular weight is 445 g/mol. The molecule has 0 atom stereocenters. The van der Waals surface area contributed by atoms with Gasteiger partial charge in [0.2, 0.25) is 0 Å². The lowest BCUT2D eigenvalue weighted by atomic mass is 10.1. The number of ketones is 1. The molecule has 0 fully saturated rings. The van der Waals surface area contributed by atoms with Crippen LogP contribution in [-0.4, -0.2) is 28.9 Å². The van der Waals surface area contributed by atoms with E-state index in [9.17, 15) is 21.6 Å². The van der Waals surface area contributed by atoms with Crippen LogP contribution in [0.4, 0.5) is 0 Å². The van der Waals surface area contributed by atoms with Crippen molar-refractivity contribution in [2.75, 3.05) is 6.26 Å². The van der Waals surface area contributed by atoms with Crippen LogP contribution in [0.2, 0.25) is 0 Å². The van der Waals surface area contributed by atoms with E-state index in [1.54, 1.807) is 12.1 Å². The molecule has 0 heterocycles. The van der Waals surface area contributed by atoms with E-state index in [0.717, 1.165) is 12.3 Å². The highest BCUT2D eigenvalue weighted by Crippen LogP contribution is 2.34. The molecule has 0 bridgehead atoms. The average Bonchev–Trinajstić information content (AvgIpc) is 2.89. The highest BCUT2D eigenvalue weighted by Gasteiger charge is 2.27. The second kappa shape index (κ2) is 6.22. The Morgan fingerprint density at radius 2 is 1.76 bits per heavy atom. The third-order valence-corrected chi connectivity index (χ3v) is 7.17. The Balaban J connectivity index is 2.06. The summed E-state index contributed by atoms with van der Waals surface area (Å²) in [5, 5.41) is 0. The second-order valence-corrected chi connectivity index (χ2v) is 9.99. The van der Waals surface area contributed by atoms with Gasteiger partial charge in [-0.25, -0.2) is 8.42 Å². The van der Waals surface area contributed by atoms with Gasteiger partial charge in [-0.3, -0.25) is 4.79 Å². The first-order chi connectivity index (χ1) is 11.6. The van der Waals surface area contributed by atoms with Crippen LogP contribution < -0.4 is 4.18 Å². The highest BCUT2D eigenvalue weighted by molar-refractivity contribution is 9.10. The molecule has 1 aliphatic carbocycles. The summed E-state index contributed by atoms with van der Waals surface area (Å²) in [5.74, 6) is 0.0260. The molecule has 0 saturated carbocycles. The molecule has 2 aromatic carbocycles. The van der Waals surface area contributed by atoms with E-state index in [1.165, 1.54) is 18.2 Å². The van der Waals surface area contributed by atoms with E-state index in [-0.39, 0.29) is 25.8 Å². The molecule has 0 N–H and O–H groups in total. The molecule has 0 radical (unpaired) electrons. The smallest absolute Gasteiger partial charge is 0.340 e. The second-order valence-electron chi connectivity index (χ2n) is 5.61. The largest absolute Gasteiger partial charge is 0.379 e. The topological polar surface area (TPSA) is 94.6 Å². The van der Waals surface area contributed by atoms with E-state index in [1.807, 2.05) is 0 Å². The molecule has 6 nitrogen and oxygen atoms in total. The van der Waals surface area contributed by atoms with Gasteiger partial charge in [0.1, 0.15) is 10.6 Å². The number of carbonyl (C=O) groups excluding carboxylic acids is 1. The van der Waals surface area contributed by atoms with E-state index in [4.69, 9.17) is 4.18 Å². The first kappa shape index (κ1) is 18.1. The van der Waals surface area contributed by atoms with Crippen molar-refractivity contribution in [1.82, 2.24) is 0 Å². The zero-order valence-corrected chi connectivity index (χ0v) is 16.2. The summed E-state index contributed by atoms with van der Waals surface area (Å²) in [5.41, 5.74) is 1.00. The maximum absolute atomic E-state index is 12.7. The molecule has 0 saturated heterocycles. The van der Waals surface area contributed by atoms with Gasteiger partial charge in [0.05, 0.1) is 4.90 Å². The fourth-order valence-electron chi connectivity index (χ4n) is 2.61. The number of Topliss-reactive ketones (excluding diaryl/α,β-unsaturated/α-hetero) is 1. The summed E-state index contributed by atoms with van der Waals surface area (Å²) < 4.78 is 54.1. The molecule has 0 unspecified atom stereocenters. The minimum atomic E-state index is -4.29. The Labute approximate surface area is 154 Å². The minimum absolute atomic E-state index is 0.0573. The fourth-order valence-corrected chi connectivity index (χ4v) is 5.23. The van der Waals surface area contributed by atoms with E-state index >= 15 is 0 Å². The molecular weight excluding hydrogens is 432 g/mol. The fraction of sp³-hybridized carbons (Fsp3) is 0.188. The lowest BCUT2D eigenvalue weighted by molar-refractivity contribution is 0.0994. The summed E-state index contributed by atoms with van der Waals surface area (Å²) in [6.45, 7) is 0. The number of sulfone groups is 1. The molecule has 0 amide bonds. The van der Waals surface area contributed by atoms with Crippen molar-refractivity contribution in [2.24, 2.45) is 0 Å². The van der Waals surface area contributed by atoms with Gasteiger partial charge in [0.15, 0.2) is 15.6 Å². The Morgan fingerprint density at radius 1 is 1.04 bits per heavy atom. The number of benzene rings is 2. The first-order valence-corrected chi connectivity index (χ1v) is 11.3. The molecule has 1 aliphatic rings. The molecular formula is C16H13BrO6S2. The van der Waals surface area contributed by atoms with Crippen LogP contribution >= 0.6 is 15.9 Å². The molecule has 2 aromatic rings. The van der Waals surface area contributed by atoms with Crippen molar-refractivity contribution in [3.05, 3.63) is 52.0 Å². The van der Waals surface area contributed by atoms with E-state index < -0.39 is 20.0 Å². The van der Waals surface area contributed by atoms with Crippen molar-refractivity contribution in [3.63, 3.8) is 0 Å². The standard InChI is InChI=1S/C16H13BrO6S2/c1-24(19,20)10-5-7-13(17)16(9-10)25(21,22)23-15-4-2-3-11-12(15)6-8-14(11)18/h2-5,7,9H,6,8H2,1H3. The first-order valence-electron chi connectivity index (χ1n) is 7.19. The lowest BCUT2D eigenvalue weighted by Gasteiger charge is -2.12. The quantitative estimate of drug-likeness (QED) is 0.672. The maximum Gasteiger partial charge on any atom is 0.340 e. The van der Waals surface area contributed by atoms with Crippen molar-refractivity contribution in [2.45, 2.75) is 22.6 Å². The summed E-state index contributed by atoms with van der Waals surface area (Å²) in [6, 6.07) is 8.34. The third-order valence-electron chi connectivity index (χ3n) is 3.84. The van der Waals surface area contributed by atoms with Crippen LogP contribution in [0.1, 0.15) is 22.3 Å². The Bertz CT molecular complexity index is 1090. The van der Waals surface area contributed by atoms with Crippen molar-refractivity contribution >= 4 is 41.7 Å². The zero-order chi connectivity index (χ0) is 18.4. The van der Waals surface area contributed by atoms with Gasteiger partial charge in [-0.2, -0.15) is 8.42 Å². The van der Waals surface area contributed by atoms with Gasteiger partial charge in [-0.15, -0.1) is 0 Å². The molecule has 25 heavy (non-hydrogen) atoms. The van der Waals surface area contributed by atoms with E-state index in [0.29, 0.717) is 24.0 Å². The normalized spacial score (nSPS) is 14.4. The Morgan fingerprint density at radius 3 is 2.44 bits per heavy atom. The van der Waals surface area contributed by atoms with Crippen LogP contribution in [0.5, 0.6) is 5.75 Å². The number of halogens is 1. The molecule has 9 heteroatoms. The highest BCUT2D eigenvalue weighted by atomic mass is 79.9. The monoisotopic (exact) mass is 444 g/mol. The van der Waals surface area contributed by atoms with Crippen molar-refractivity contribution < 1.29 is 25.8 Å². The summed E-state index contributed by atoms with van der Waals surface area (Å²) in [6.07, 6.45) is 1.70. The summed E-state index contributed by atoms with van der Waals surface area (Å²) in [7, 11) is -7.87. The van der Waals surface area contributed by atoms with Gasteiger partial charge in [0, 0.05) is 28.3 Å². The maximum atomic E-state index is 12.7. The van der Waals surface area contributed by atoms with Gasteiger partial charge in [-0.05, 0) is 46.6 Å². The third kappa shape index (κ3) is 3.49. The van der Waals surface area contributed by atoms with Crippen molar-refractivity contribution in [1.29, 1.82) is 0 Å². The minimum Gasteiger partial charge on any atom is -0.379 e. The van der Waals surface area contributed by atoms with Gasteiger partial charge in [-0.1, -0.05) is 12.1 Å². The molecule has 0 spiro atoms. The zero-order valence-electron chi connectivity index (χ0n) is 13.0. The number of fused-ring (bicyclic) bond motifs is 1. The predicted molar refractivity (Wildman–Crippen MR) is 94.2 cm³/mol. The Hall–Kier alpha value is -1.71.